The van der Waals surface area contributed by atoms with Gasteiger partial charge in [0.2, 0.25) is 11.8 Å². The van der Waals surface area contributed by atoms with Gasteiger partial charge >= 0.3 is 0 Å². The Bertz CT molecular complexity index is 1110. The number of methoxy groups -OCH3 is 1. The lowest BCUT2D eigenvalue weighted by atomic mass is 10.0. The van der Waals surface area contributed by atoms with Gasteiger partial charge in [0.15, 0.2) is 0 Å². The molecule has 0 aliphatic heterocycles. The van der Waals surface area contributed by atoms with Gasteiger partial charge in [0, 0.05) is 31.8 Å². The molecule has 0 aliphatic carbocycles. The van der Waals surface area contributed by atoms with Crippen LogP contribution in [-0.4, -0.2) is 47.6 Å². The van der Waals surface area contributed by atoms with Gasteiger partial charge in [0.1, 0.15) is 11.6 Å². The first-order valence-electron chi connectivity index (χ1n) is 11.8. The van der Waals surface area contributed by atoms with Crippen LogP contribution in [0.4, 0.5) is 4.39 Å². The molecule has 1 unspecified atom stereocenters. The number of ether oxygens (including phenoxy) is 1. The monoisotopic (exact) mass is 480 g/mol. The number of aromatic nitrogens is 2. The average Bonchev–Trinajstić information content (AvgIpc) is 3.32. The summed E-state index contributed by atoms with van der Waals surface area (Å²) >= 11 is 0. The van der Waals surface area contributed by atoms with Gasteiger partial charge in [-0.3, -0.25) is 14.7 Å². The second-order valence-corrected chi connectivity index (χ2v) is 8.65. The molecule has 0 bridgehead atoms. The van der Waals surface area contributed by atoms with E-state index in [0.717, 1.165) is 53.9 Å². The number of H-pyrrole nitrogens is 1. The van der Waals surface area contributed by atoms with Crippen LogP contribution >= 0.6 is 0 Å². The summed E-state index contributed by atoms with van der Waals surface area (Å²) in [4.78, 5) is 26.2. The SMILES string of the molecule is COc1ccc(C(CC(=O)N(C)CCCCCc2cc(-c3cccc(F)c3)n[nH]2)NC(C)=O)cc1. The van der Waals surface area contributed by atoms with E-state index in [9.17, 15) is 14.0 Å². The van der Waals surface area contributed by atoms with E-state index in [2.05, 4.69) is 15.5 Å². The molecular weight excluding hydrogens is 447 g/mol. The molecule has 3 aromatic rings. The summed E-state index contributed by atoms with van der Waals surface area (Å²) in [5.74, 6) is 0.241. The maximum atomic E-state index is 13.4. The molecule has 0 saturated carbocycles. The second kappa shape index (κ2) is 12.7. The van der Waals surface area contributed by atoms with E-state index in [1.165, 1.54) is 19.1 Å². The van der Waals surface area contributed by atoms with E-state index < -0.39 is 0 Å². The number of hydrogen-bond acceptors (Lipinski definition) is 4. The number of aryl methyl sites for hydroxylation is 1. The van der Waals surface area contributed by atoms with E-state index >= 15 is 0 Å². The standard InChI is InChI=1S/C27H33FN4O3/c1-19(33)29-25(20-11-13-24(35-3)14-12-20)18-27(34)32(2)15-6-4-5-10-23-17-26(31-30-23)21-8-7-9-22(28)16-21/h7-9,11-14,16-17,25H,4-6,10,15,18H2,1-3H3,(H,29,33)(H,30,31). The number of carbonyl (C=O) groups excluding carboxylic acids is 2. The Labute approximate surface area is 205 Å². The van der Waals surface area contributed by atoms with E-state index in [4.69, 9.17) is 4.74 Å². The van der Waals surface area contributed by atoms with Gasteiger partial charge in [-0.05, 0) is 55.2 Å². The Morgan fingerprint density at radius 2 is 1.89 bits per heavy atom. The Morgan fingerprint density at radius 1 is 1.11 bits per heavy atom. The minimum absolute atomic E-state index is 0.0205. The molecule has 0 aliphatic rings. The summed E-state index contributed by atoms with van der Waals surface area (Å²) in [5.41, 5.74) is 3.35. The van der Waals surface area contributed by atoms with Crippen molar-refractivity contribution in [2.45, 2.75) is 45.1 Å². The van der Waals surface area contributed by atoms with Crippen molar-refractivity contribution >= 4 is 11.8 Å². The number of rotatable bonds is 12. The highest BCUT2D eigenvalue weighted by atomic mass is 19.1. The van der Waals surface area contributed by atoms with Gasteiger partial charge in [-0.15, -0.1) is 0 Å². The summed E-state index contributed by atoms with van der Waals surface area (Å²) in [7, 11) is 3.39. The van der Waals surface area contributed by atoms with Crippen LogP contribution in [0.15, 0.2) is 54.6 Å². The first-order valence-corrected chi connectivity index (χ1v) is 11.8. The predicted molar refractivity (Wildman–Crippen MR) is 133 cm³/mol. The van der Waals surface area contributed by atoms with Gasteiger partial charge in [-0.1, -0.05) is 30.7 Å². The predicted octanol–water partition coefficient (Wildman–Crippen LogP) is 4.66. The molecule has 0 saturated heterocycles. The van der Waals surface area contributed by atoms with Crippen LogP contribution in [0, 0.1) is 5.82 Å². The minimum atomic E-state index is -0.388. The highest BCUT2D eigenvalue weighted by Crippen LogP contribution is 2.22. The number of benzene rings is 2. The van der Waals surface area contributed by atoms with E-state index in [1.54, 1.807) is 25.1 Å². The Balaban J connectivity index is 1.42. The van der Waals surface area contributed by atoms with Gasteiger partial charge in [-0.2, -0.15) is 5.10 Å². The first-order chi connectivity index (χ1) is 16.9. The first kappa shape index (κ1) is 25.9. The summed E-state index contributed by atoms with van der Waals surface area (Å²) < 4.78 is 18.6. The van der Waals surface area contributed by atoms with Crippen molar-refractivity contribution in [3.63, 3.8) is 0 Å². The number of carbonyl (C=O) groups is 2. The maximum Gasteiger partial charge on any atom is 0.224 e. The maximum absolute atomic E-state index is 13.4. The fourth-order valence-electron chi connectivity index (χ4n) is 3.92. The zero-order chi connectivity index (χ0) is 25.2. The topological polar surface area (TPSA) is 87.3 Å². The molecule has 0 radical (unpaired) electrons. The zero-order valence-corrected chi connectivity index (χ0v) is 20.5. The fraction of sp³-hybridized carbons (Fsp3) is 0.370. The number of hydrogen-bond donors (Lipinski definition) is 2. The van der Waals surface area contributed by atoms with Crippen molar-refractivity contribution < 1.29 is 18.7 Å². The van der Waals surface area contributed by atoms with Crippen molar-refractivity contribution in [3.8, 4) is 17.0 Å². The number of halogens is 1. The number of amides is 2. The molecule has 1 aromatic heterocycles. The van der Waals surface area contributed by atoms with Crippen molar-refractivity contribution in [1.29, 1.82) is 0 Å². The van der Waals surface area contributed by atoms with Crippen LogP contribution in [-0.2, 0) is 16.0 Å². The van der Waals surface area contributed by atoms with Crippen LogP contribution in [0.25, 0.3) is 11.3 Å². The Kier molecular flexibility index (Phi) is 9.40. The Hall–Kier alpha value is -3.68. The van der Waals surface area contributed by atoms with Crippen LogP contribution in [0.3, 0.4) is 0 Å². The summed E-state index contributed by atoms with van der Waals surface area (Å²) in [6.45, 7) is 2.09. The molecule has 2 amide bonds. The molecule has 1 heterocycles. The molecule has 0 fully saturated rings. The quantitative estimate of drug-likeness (QED) is 0.369. The molecule has 2 aromatic carbocycles. The number of nitrogens with zero attached hydrogens (tertiary/aromatic N) is 2. The van der Waals surface area contributed by atoms with Gasteiger partial charge in [0.25, 0.3) is 0 Å². The lowest BCUT2D eigenvalue weighted by molar-refractivity contribution is -0.130. The van der Waals surface area contributed by atoms with Crippen LogP contribution in [0.2, 0.25) is 0 Å². The third-order valence-electron chi connectivity index (χ3n) is 5.89. The molecule has 35 heavy (non-hydrogen) atoms. The number of nitrogens with one attached hydrogen (secondary N) is 2. The third kappa shape index (κ3) is 7.95. The molecule has 186 valence electrons. The number of aromatic amines is 1. The van der Waals surface area contributed by atoms with Crippen molar-refractivity contribution in [1.82, 2.24) is 20.4 Å². The molecule has 0 spiro atoms. The van der Waals surface area contributed by atoms with Crippen LogP contribution in [0.1, 0.15) is 49.9 Å². The highest BCUT2D eigenvalue weighted by molar-refractivity contribution is 5.79. The third-order valence-corrected chi connectivity index (χ3v) is 5.89. The van der Waals surface area contributed by atoms with Crippen molar-refractivity contribution in [2.75, 3.05) is 20.7 Å². The lowest BCUT2D eigenvalue weighted by Gasteiger charge is -2.23. The fourth-order valence-corrected chi connectivity index (χ4v) is 3.92. The normalized spacial score (nSPS) is 11.7. The van der Waals surface area contributed by atoms with Crippen molar-refractivity contribution in [2.24, 2.45) is 0 Å². The number of unbranched alkanes of at least 4 members (excludes halogenated alkanes) is 2. The summed E-state index contributed by atoms with van der Waals surface area (Å²) in [6.07, 6.45) is 3.81. The average molecular weight is 481 g/mol. The molecule has 7 nitrogen and oxygen atoms in total. The molecule has 2 N–H and O–H groups in total. The van der Waals surface area contributed by atoms with Gasteiger partial charge in [0.05, 0.1) is 25.3 Å². The van der Waals surface area contributed by atoms with Crippen LogP contribution in [0.5, 0.6) is 5.75 Å². The van der Waals surface area contributed by atoms with E-state index in [1.807, 2.05) is 36.4 Å². The van der Waals surface area contributed by atoms with Crippen molar-refractivity contribution in [3.05, 3.63) is 71.7 Å². The van der Waals surface area contributed by atoms with Crippen LogP contribution < -0.4 is 10.1 Å². The highest BCUT2D eigenvalue weighted by Gasteiger charge is 2.19. The second-order valence-electron chi connectivity index (χ2n) is 8.65. The van der Waals surface area contributed by atoms with Gasteiger partial charge < -0.3 is 15.0 Å². The van der Waals surface area contributed by atoms with E-state index in [-0.39, 0.29) is 30.1 Å². The zero-order valence-electron chi connectivity index (χ0n) is 20.5. The largest absolute Gasteiger partial charge is 0.497 e. The Morgan fingerprint density at radius 3 is 2.57 bits per heavy atom. The smallest absolute Gasteiger partial charge is 0.224 e. The minimum Gasteiger partial charge on any atom is -0.497 e. The van der Waals surface area contributed by atoms with E-state index in [0.29, 0.717) is 6.54 Å². The van der Waals surface area contributed by atoms with Gasteiger partial charge in [-0.25, -0.2) is 4.39 Å². The summed E-state index contributed by atoms with van der Waals surface area (Å²) in [6, 6.07) is 15.3. The molecule has 1 atom stereocenters. The molecular formula is C27H33FN4O3. The molecule has 8 heteroatoms. The lowest BCUT2D eigenvalue weighted by Crippen LogP contribution is -2.34. The summed E-state index contributed by atoms with van der Waals surface area (Å²) in [5, 5.41) is 10.2. The molecule has 3 rings (SSSR count).